The van der Waals surface area contributed by atoms with Gasteiger partial charge in [-0.15, -0.1) is 0 Å². The SMILES string of the molecule is C=CCOc1ccc(-c2ccc3cc(/C=C/CCCC(C)F)ccc3c2)cc1. The van der Waals surface area contributed by atoms with E-state index in [0.717, 1.165) is 18.6 Å². The van der Waals surface area contributed by atoms with Gasteiger partial charge in [0.2, 0.25) is 0 Å². The van der Waals surface area contributed by atoms with Crippen LogP contribution in [0.5, 0.6) is 5.75 Å². The molecule has 1 atom stereocenters. The number of benzene rings is 3. The quantitative estimate of drug-likeness (QED) is 0.276. The summed E-state index contributed by atoms with van der Waals surface area (Å²) in [4.78, 5) is 0. The second kappa shape index (κ2) is 9.89. The average Bonchev–Trinajstić information content (AvgIpc) is 2.71. The average molecular weight is 374 g/mol. The molecule has 1 nitrogen and oxygen atoms in total. The largest absolute Gasteiger partial charge is 0.490 e. The Hall–Kier alpha value is -2.87. The molecule has 0 aliphatic rings. The first-order valence-corrected chi connectivity index (χ1v) is 9.84. The Labute approximate surface area is 167 Å². The maximum absolute atomic E-state index is 12.8. The smallest absolute Gasteiger partial charge is 0.119 e. The highest BCUT2D eigenvalue weighted by atomic mass is 19.1. The molecule has 0 fully saturated rings. The van der Waals surface area contributed by atoms with Crippen molar-refractivity contribution in [3.8, 4) is 16.9 Å². The standard InChI is InChI=1S/C26H27FO/c1-3-17-28-26-15-13-22(14-16-26)24-12-11-23-18-21(9-10-25(23)19-24)8-6-4-5-7-20(2)27/h3,6,8-16,18-20H,1,4-5,7,17H2,2H3/b8-6+. The first kappa shape index (κ1) is 19.9. The zero-order chi connectivity index (χ0) is 19.8. The number of ether oxygens (including phenoxy) is 1. The monoisotopic (exact) mass is 374 g/mol. The predicted octanol–water partition coefficient (Wildman–Crippen LogP) is 7.61. The van der Waals surface area contributed by atoms with Gasteiger partial charge < -0.3 is 4.74 Å². The van der Waals surface area contributed by atoms with Crippen LogP contribution < -0.4 is 4.74 Å². The number of rotatable bonds is 9. The second-order valence-electron chi connectivity index (χ2n) is 7.06. The molecule has 3 aromatic carbocycles. The lowest BCUT2D eigenvalue weighted by atomic mass is 9.99. The van der Waals surface area contributed by atoms with E-state index in [9.17, 15) is 4.39 Å². The third-order valence-corrected chi connectivity index (χ3v) is 4.70. The van der Waals surface area contributed by atoms with Crippen molar-refractivity contribution in [2.45, 2.75) is 32.4 Å². The molecule has 0 amide bonds. The van der Waals surface area contributed by atoms with Crippen LogP contribution in [0, 0.1) is 0 Å². The Bertz CT molecular complexity index is 938. The summed E-state index contributed by atoms with van der Waals surface area (Å²) in [6, 6.07) is 21.1. The minimum Gasteiger partial charge on any atom is -0.490 e. The van der Waals surface area contributed by atoms with E-state index in [4.69, 9.17) is 4.74 Å². The topological polar surface area (TPSA) is 9.23 Å². The van der Waals surface area contributed by atoms with E-state index in [0.29, 0.717) is 13.0 Å². The van der Waals surface area contributed by atoms with Crippen molar-refractivity contribution >= 4 is 16.8 Å². The molecule has 144 valence electrons. The summed E-state index contributed by atoms with van der Waals surface area (Å²) in [7, 11) is 0. The first-order valence-electron chi connectivity index (χ1n) is 9.84. The molecule has 0 heterocycles. The zero-order valence-electron chi connectivity index (χ0n) is 16.4. The van der Waals surface area contributed by atoms with Gasteiger partial charge in [0.25, 0.3) is 0 Å². The van der Waals surface area contributed by atoms with E-state index < -0.39 is 6.17 Å². The Balaban J connectivity index is 1.70. The van der Waals surface area contributed by atoms with Crippen LogP contribution in [0.3, 0.4) is 0 Å². The molecule has 0 aliphatic heterocycles. The van der Waals surface area contributed by atoms with Crippen LogP contribution in [-0.2, 0) is 0 Å². The van der Waals surface area contributed by atoms with Gasteiger partial charge in [0, 0.05) is 0 Å². The predicted molar refractivity (Wildman–Crippen MR) is 119 cm³/mol. The van der Waals surface area contributed by atoms with Gasteiger partial charge >= 0.3 is 0 Å². The maximum atomic E-state index is 12.8. The number of hydrogen-bond acceptors (Lipinski definition) is 1. The van der Waals surface area contributed by atoms with Crippen LogP contribution in [0.1, 0.15) is 31.7 Å². The highest BCUT2D eigenvalue weighted by Gasteiger charge is 2.02. The van der Waals surface area contributed by atoms with Gasteiger partial charge in [0.15, 0.2) is 0 Å². The summed E-state index contributed by atoms with van der Waals surface area (Å²) in [5.41, 5.74) is 3.53. The van der Waals surface area contributed by atoms with Crippen LogP contribution in [-0.4, -0.2) is 12.8 Å². The fourth-order valence-corrected chi connectivity index (χ4v) is 3.18. The number of hydrogen-bond donors (Lipinski definition) is 0. The van der Waals surface area contributed by atoms with Gasteiger partial charge in [-0.3, -0.25) is 0 Å². The lowest BCUT2D eigenvalue weighted by Crippen LogP contribution is -1.92. The van der Waals surface area contributed by atoms with Gasteiger partial charge in [0.05, 0.1) is 6.17 Å². The van der Waals surface area contributed by atoms with Crippen molar-refractivity contribution in [2.24, 2.45) is 0 Å². The molecule has 3 aromatic rings. The van der Waals surface area contributed by atoms with Gasteiger partial charge in [-0.1, -0.05) is 61.2 Å². The summed E-state index contributed by atoms with van der Waals surface area (Å²) >= 11 is 0. The lowest BCUT2D eigenvalue weighted by molar-refractivity contribution is 0.335. The Morgan fingerprint density at radius 2 is 1.68 bits per heavy atom. The zero-order valence-corrected chi connectivity index (χ0v) is 16.4. The molecule has 0 bridgehead atoms. The Morgan fingerprint density at radius 1 is 0.964 bits per heavy atom. The molecule has 1 unspecified atom stereocenters. The van der Waals surface area contributed by atoms with E-state index in [-0.39, 0.29) is 0 Å². The van der Waals surface area contributed by atoms with Crippen LogP contribution in [0.15, 0.2) is 79.4 Å². The molecule has 0 saturated carbocycles. The van der Waals surface area contributed by atoms with Crippen molar-refractivity contribution in [1.29, 1.82) is 0 Å². The molecule has 0 saturated heterocycles. The number of fused-ring (bicyclic) bond motifs is 1. The fraction of sp³-hybridized carbons (Fsp3) is 0.231. The van der Waals surface area contributed by atoms with Gasteiger partial charge in [-0.25, -0.2) is 4.39 Å². The van der Waals surface area contributed by atoms with Gasteiger partial charge in [-0.2, -0.15) is 0 Å². The minimum absolute atomic E-state index is 0.515. The van der Waals surface area contributed by atoms with Crippen molar-refractivity contribution in [1.82, 2.24) is 0 Å². The van der Waals surface area contributed by atoms with E-state index in [1.807, 2.05) is 12.1 Å². The van der Waals surface area contributed by atoms with E-state index in [1.54, 1.807) is 13.0 Å². The van der Waals surface area contributed by atoms with Crippen LogP contribution in [0.2, 0.25) is 0 Å². The second-order valence-corrected chi connectivity index (χ2v) is 7.06. The lowest BCUT2D eigenvalue weighted by Gasteiger charge is -2.07. The molecule has 3 rings (SSSR count). The van der Waals surface area contributed by atoms with Crippen molar-refractivity contribution in [3.63, 3.8) is 0 Å². The first-order chi connectivity index (χ1) is 13.7. The molecule has 0 aliphatic carbocycles. The number of allylic oxidation sites excluding steroid dienone is 1. The fourth-order valence-electron chi connectivity index (χ4n) is 3.18. The third-order valence-electron chi connectivity index (χ3n) is 4.70. The number of halogens is 1. The summed E-state index contributed by atoms with van der Waals surface area (Å²) in [6.45, 7) is 5.80. The van der Waals surface area contributed by atoms with E-state index >= 15 is 0 Å². The number of alkyl halides is 1. The molecule has 0 N–H and O–H groups in total. The molecule has 28 heavy (non-hydrogen) atoms. The van der Waals surface area contributed by atoms with Gasteiger partial charge in [0.1, 0.15) is 12.4 Å². The van der Waals surface area contributed by atoms with E-state index in [2.05, 4.69) is 67.3 Å². The summed E-state index contributed by atoms with van der Waals surface area (Å²) in [6.07, 6.45) is 7.73. The molecular weight excluding hydrogens is 347 g/mol. The van der Waals surface area contributed by atoms with Crippen molar-refractivity contribution < 1.29 is 9.13 Å². The summed E-state index contributed by atoms with van der Waals surface area (Å²) in [5, 5.41) is 2.43. The van der Waals surface area contributed by atoms with Crippen molar-refractivity contribution in [2.75, 3.05) is 6.61 Å². The summed E-state index contributed by atoms with van der Waals surface area (Å²) in [5.74, 6) is 0.849. The van der Waals surface area contributed by atoms with Crippen molar-refractivity contribution in [3.05, 3.63) is 85.0 Å². The normalized spacial score (nSPS) is 12.4. The van der Waals surface area contributed by atoms with Crippen LogP contribution >= 0.6 is 0 Å². The van der Waals surface area contributed by atoms with E-state index in [1.165, 1.54) is 27.5 Å². The summed E-state index contributed by atoms with van der Waals surface area (Å²) < 4.78 is 18.4. The Kier molecular flexibility index (Phi) is 7.02. The highest BCUT2D eigenvalue weighted by Crippen LogP contribution is 2.27. The molecule has 2 heteroatoms. The number of unbranched alkanes of at least 4 members (excludes halogenated alkanes) is 1. The third kappa shape index (κ3) is 5.56. The molecular formula is C26H27FO. The minimum atomic E-state index is -0.709. The molecule has 0 radical (unpaired) electrons. The van der Waals surface area contributed by atoms with Crippen LogP contribution in [0.4, 0.5) is 4.39 Å². The maximum Gasteiger partial charge on any atom is 0.119 e. The van der Waals surface area contributed by atoms with Gasteiger partial charge in [-0.05, 0) is 77.9 Å². The highest BCUT2D eigenvalue weighted by molar-refractivity contribution is 5.89. The van der Waals surface area contributed by atoms with Crippen LogP contribution in [0.25, 0.3) is 28.0 Å². The molecule has 0 aromatic heterocycles. The Morgan fingerprint density at radius 3 is 2.43 bits per heavy atom. The molecule has 0 spiro atoms.